The van der Waals surface area contributed by atoms with Crippen molar-refractivity contribution < 1.29 is 9.32 Å². The van der Waals surface area contributed by atoms with Gasteiger partial charge in [-0.25, -0.2) is 4.68 Å². The molecule has 128 valence electrons. The summed E-state index contributed by atoms with van der Waals surface area (Å²) in [6.45, 7) is 2.81. The van der Waals surface area contributed by atoms with E-state index in [1.165, 1.54) is 12.8 Å². The summed E-state index contributed by atoms with van der Waals surface area (Å²) in [5.41, 5.74) is 1.10. The van der Waals surface area contributed by atoms with Crippen LogP contribution in [0.5, 0.6) is 0 Å². The summed E-state index contributed by atoms with van der Waals surface area (Å²) in [4.78, 5) is 14.6. The molecule has 25 heavy (non-hydrogen) atoms. The van der Waals surface area contributed by atoms with Crippen LogP contribution in [-0.2, 0) is 6.54 Å². The smallest absolute Gasteiger partial charge is 0.279 e. The fraction of sp³-hybridized carbons (Fsp3) is 0.294. The maximum Gasteiger partial charge on any atom is 0.279 e. The number of nitrogens with zero attached hydrogens (tertiary/aromatic N) is 5. The van der Waals surface area contributed by atoms with Crippen molar-refractivity contribution in [1.29, 1.82) is 0 Å². The number of para-hydroxylation sites is 1. The van der Waals surface area contributed by atoms with E-state index in [2.05, 4.69) is 25.7 Å². The first kappa shape index (κ1) is 15.5. The second-order valence-electron chi connectivity index (χ2n) is 6.00. The van der Waals surface area contributed by atoms with Gasteiger partial charge in [0.05, 0.1) is 18.4 Å². The zero-order valence-corrected chi connectivity index (χ0v) is 13.6. The Morgan fingerprint density at radius 3 is 2.80 bits per heavy atom. The monoisotopic (exact) mass is 338 g/mol. The molecule has 1 aliphatic heterocycles. The Kier molecular flexibility index (Phi) is 4.26. The lowest BCUT2D eigenvalue weighted by atomic mass is 10.3. The van der Waals surface area contributed by atoms with Gasteiger partial charge in [0.25, 0.3) is 5.91 Å². The normalized spacial score (nSPS) is 14.7. The molecule has 0 saturated carbocycles. The molecule has 4 rings (SSSR count). The van der Waals surface area contributed by atoms with Gasteiger partial charge < -0.3 is 9.84 Å². The van der Waals surface area contributed by atoms with E-state index in [9.17, 15) is 4.79 Å². The number of aromatic nitrogens is 4. The van der Waals surface area contributed by atoms with Gasteiger partial charge in [0.15, 0.2) is 17.3 Å². The number of rotatable bonds is 5. The number of likely N-dealkylation sites (tertiary alicyclic amines) is 1. The molecular formula is C17H18N6O2. The topological polar surface area (TPSA) is 89.1 Å². The number of hydrogen-bond donors (Lipinski definition) is 1. The lowest BCUT2D eigenvalue weighted by Crippen LogP contribution is -2.18. The number of carbonyl (C=O) groups is 1. The summed E-state index contributed by atoms with van der Waals surface area (Å²) in [6.07, 6.45) is 4.07. The van der Waals surface area contributed by atoms with Crippen LogP contribution in [0, 0.1) is 0 Å². The van der Waals surface area contributed by atoms with Crippen molar-refractivity contribution in [2.75, 3.05) is 18.4 Å². The number of hydrogen-bond acceptors (Lipinski definition) is 6. The number of amides is 1. The van der Waals surface area contributed by atoms with E-state index in [-0.39, 0.29) is 11.6 Å². The van der Waals surface area contributed by atoms with Gasteiger partial charge in [-0.15, -0.1) is 5.10 Å². The Balaban J connectivity index is 1.40. The lowest BCUT2D eigenvalue weighted by Gasteiger charge is -2.10. The molecule has 3 heterocycles. The molecular weight excluding hydrogens is 320 g/mol. The first-order chi connectivity index (χ1) is 12.3. The minimum Gasteiger partial charge on any atom is -0.359 e. The Hall–Kier alpha value is -3.00. The molecule has 0 radical (unpaired) electrons. The number of nitrogens with one attached hydrogen (secondary N) is 1. The third-order valence-electron chi connectivity index (χ3n) is 4.13. The second kappa shape index (κ2) is 6.86. The maximum absolute atomic E-state index is 12.3. The zero-order chi connectivity index (χ0) is 17.1. The molecule has 8 nitrogen and oxygen atoms in total. The van der Waals surface area contributed by atoms with Crippen LogP contribution in [0.15, 0.2) is 47.1 Å². The van der Waals surface area contributed by atoms with Gasteiger partial charge in [-0.2, -0.15) is 0 Å². The summed E-state index contributed by atoms with van der Waals surface area (Å²) in [6, 6.07) is 11.2. The fourth-order valence-corrected chi connectivity index (χ4v) is 2.86. The van der Waals surface area contributed by atoms with Crippen LogP contribution in [0.1, 0.15) is 29.1 Å². The Labute approximate surface area is 144 Å². The summed E-state index contributed by atoms with van der Waals surface area (Å²) in [7, 11) is 0. The molecule has 2 aromatic heterocycles. The fourth-order valence-electron chi connectivity index (χ4n) is 2.86. The molecule has 0 unspecified atom stereocenters. The van der Waals surface area contributed by atoms with Crippen LogP contribution in [0.3, 0.4) is 0 Å². The van der Waals surface area contributed by atoms with Crippen molar-refractivity contribution in [2.45, 2.75) is 19.4 Å². The lowest BCUT2D eigenvalue weighted by molar-refractivity contribution is 0.101. The number of carbonyl (C=O) groups excluding carboxylic acids is 1. The SMILES string of the molecule is O=C(Nc1cn(-c2ccccc2)nn1)c1cc(CN2CCCC2)on1. The molecule has 0 bridgehead atoms. The first-order valence-corrected chi connectivity index (χ1v) is 8.25. The minimum atomic E-state index is -0.364. The molecule has 0 aliphatic carbocycles. The van der Waals surface area contributed by atoms with E-state index in [1.807, 2.05) is 30.3 Å². The van der Waals surface area contributed by atoms with E-state index in [0.29, 0.717) is 18.1 Å². The highest BCUT2D eigenvalue weighted by molar-refractivity contribution is 6.02. The Morgan fingerprint density at radius 2 is 2.00 bits per heavy atom. The van der Waals surface area contributed by atoms with E-state index >= 15 is 0 Å². The summed E-state index contributed by atoms with van der Waals surface area (Å²) in [5.74, 6) is 0.689. The van der Waals surface area contributed by atoms with E-state index in [4.69, 9.17) is 4.52 Å². The number of benzene rings is 1. The predicted octanol–water partition coefficient (Wildman–Crippen LogP) is 2.10. The van der Waals surface area contributed by atoms with E-state index in [0.717, 1.165) is 18.8 Å². The Morgan fingerprint density at radius 1 is 1.20 bits per heavy atom. The summed E-state index contributed by atoms with van der Waals surface area (Å²) >= 11 is 0. The number of anilines is 1. The van der Waals surface area contributed by atoms with Crippen molar-refractivity contribution in [3.63, 3.8) is 0 Å². The van der Waals surface area contributed by atoms with Gasteiger partial charge in [0, 0.05) is 6.07 Å². The highest BCUT2D eigenvalue weighted by Gasteiger charge is 2.18. The second-order valence-corrected chi connectivity index (χ2v) is 6.00. The van der Waals surface area contributed by atoms with Crippen molar-refractivity contribution >= 4 is 11.7 Å². The third kappa shape index (κ3) is 3.58. The quantitative estimate of drug-likeness (QED) is 0.766. The van der Waals surface area contributed by atoms with Gasteiger partial charge in [-0.1, -0.05) is 28.6 Å². The summed E-state index contributed by atoms with van der Waals surface area (Å²) < 4.78 is 6.86. The highest BCUT2D eigenvalue weighted by Crippen LogP contribution is 2.14. The molecule has 1 N–H and O–H groups in total. The predicted molar refractivity (Wildman–Crippen MR) is 90.3 cm³/mol. The standard InChI is InChI=1S/C17H18N6O2/c24-17(15-10-14(25-20-15)11-22-8-4-5-9-22)18-16-12-23(21-19-16)13-6-2-1-3-7-13/h1-3,6-7,10,12H,4-5,8-9,11H2,(H,18,24). The van der Waals surface area contributed by atoms with Gasteiger partial charge in [-0.05, 0) is 38.1 Å². The highest BCUT2D eigenvalue weighted by atomic mass is 16.5. The molecule has 1 aliphatic rings. The molecule has 1 saturated heterocycles. The van der Waals surface area contributed by atoms with Crippen LogP contribution < -0.4 is 5.32 Å². The molecule has 1 fully saturated rings. The molecule has 1 amide bonds. The van der Waals surface area contributed by atoms with Crippen LogP contribution in [0.4, 0.5) is 5.82 Å². The maximum atomic E-state index is 12.3. The van der Waals surface area contributed by atoms with Gasteiger partial charge >= 0.3 is 0 Å². The minimum absolute atomic E-state index is 0.239. The van der Waals surface area contributed by atoms with Gasteiger partial charge in [-0.3, -0.25) is 9.69 Å². The van der Waals surface area contributed by atoms with Crippen LogP contribution in [0.25, 0.3) is 5.69 Å². The average molecular weight is 338 g/mol. The van der Waals surface area contributed by atoms with Crippen molar-refractivity contribution in [3.05, 3.63) is 54.0 Å². The van der Waals surface area contributed by atoms with Crippen molar-refractivity contribution in [3.8, 4) is 5.69 Å². The van der Waals surface area contributed by atoms with Crippen molar-refractivity contribution in [2.24, 2.45) is 0 Å². The largest absolute Gasteiger partial charge is 0.359 e. The van der Waals surface area contributed by atoms with Gasteiger partial charge in [0.2, 0.25) is 0 Å². The van der Waals surface area contributed by atoms with E-state index < -0.39 is 0 Å². The van der Waals surface area contributed by atoms with E-state index in [1.54, 1.807) is 16.9 Å². The third-order valence-corrected chi connectivity index (χ3v) is 4.13. The van der Waals surface area contributed by atoms with Gasteiger partial charge in [0.1, 0.15) is 0 Å². The first-order valence-electron chi connectivity index (χ1n) is 8.25. The molecule has 8 heteroatoms. The Bertz CT molecular complexity index is 851. The molecule has 0 atom stereocenters. The van der Waals surface area contributed by atoms with Crippen LogP contribution >= 0.6 is 0 Å². The van der Waals surface area contributed by atoms with Crippen LogP contribution in [0.2, 0.25) is 0 Å². The zero-order valence-electron chi connectivity index (χ0n) is 13.6. The molecule has 0 spiro atoms. The molecule has 1 aromatic carbocycles. The summed E-state index contributed by atoms with van der Waals surface area (Å²) in [5, 5.41) is 14.5. The molecule has 3 aromatic rings. The van der Waals surface area contributed by atoms with Crippen LogP contribution in [-0.4, -0.2) is 44.0 Å². The van der Waals surface area contributed by atoms with Crippen molar-refractivity contribution in [1.82, 2.24) is 25.1 Å². The average Bonchev–Trinajstić information content (AvgIpc) is 3.38.